The maximum absolute atomic E-state index is 12.4. The standard InChI is InChI=1S/C12H15BrN4O2S/c1-3-17-7-10(6-15-17)16-20(18,19)12-5-9(13)4-11(14)8(12)2/h4-7,16H,3,14H2,1-2H3. The summed E-state index contributed by atoms with van der Waals surface area (Å²) in [6.07, 6.45) is 3.10. The van der Waals surface area contributed by atoms with E-state index in [4.69, 9.17) is 5.73 Å². The molecule has 0 bridgehead atoms. The zero-order chi connectivity index (χ0) is 14.9. The van der Waals surface area contributed by atoms with E-state index in [0.29, 0.717) is 28.0 Å². The average molecular weight is 359 g/mol. The average Bonchev–Trinajstić information content (AvgIpc) is 2.80. The number of hydrogen-bond acceptors (Lipinski definition) is 4. The van der Waals surface area contributed by atoms with Crippen LogP contribution in [0, 0.1) is 6.92 Å². The van der Waals surface area contributed by atoms with Crippen molar-refractivity contribution >= 4 is 37.3 Å². The van der Waals surface area contributed by atoms with Gasteiger partial charge < -0.3 is 5.73 Å². The highest BCUT2D eigenvalue weighted by Crippen LogP contribution is 2.27. The van der Waals surface area contributed by atoms with E-state index in [-0.39, 0.29) is 4.90 Å². The number of nitrogen functional groups attached to an aromatic ring is 1. The predicted molar refractivity (Wildman–Crippen MR) is 82.0 cm³/mol. The summed E-state index contributed by atoms with van der Waals surface area (Å²) in [5.74, 6) is 0. The Labute approximate surface area is 126 Å². The van der Waals surface area contributed by atoms with Crippen LogP contribution >= 0.6 is 15.9 Å². The molecular formula is C12H15BrN4O2S. The molecule has 1 aromatic carbocycles. The molecule has 0 radical (unpaired) electrons. The van der Waals surface area contributed by atoms with E-state index in [1.165, 1.54) is 12.3 Å². The first kappa shape index (κ1) is 14.9. The summed E-state index contributed by atoms with van der Waals surface area (Å²) < 4.78 is 29.6. The zero-order valence-corrected chi connectivity index (χ0v) is 13.5. The molecule has 0 unspecified atom stereocenters. The molecule has 0 saturated carbocycles. The van der Waals surface area contributed by atoms with Gasteiger partial charge in [0.05, 0.1) is 16.8 Å². The van der Waals surface area contributed by atoms with Crippen LogP contribution in [0.1, 0.15) is 12.5 Å². The van der Waals surface area contributed by atoms with Gasteiger partial charge in [0.2, 0.25) is 0 Å². The molecule has 1 aromatic heterocycles. The monoisotopic (exact) mass is 358 g/mol. The number of halogens is 1. The van der Waals surface area contributed by atoms with Crippen LogP contribution in [0.25, 0.3) is 0 Å². The lowest BCUT2D eigenvalue weighted by Gasteiger charge is -2.11. The van der Waals surface area contributed by atoms with Crippen molar-refractivity contribution < 1.29 is 8.42 Å². The first-order chi connectivity index (χ1) is 9.33. The Hall–Kier alpha value is -1.54. The molecule has 0 saturated heterocycles. The summed E-state index contributed by atoms with van der Waals surface area (Å²) in [6, 6.07) is 3.20. The third kappa shape index (κ3) is 2.96. The molecule has 0 fully saturated rings. The second kappa shape index (κ2) is 5.45. The number of anilines is 2. The van der Waals surface area contributed by atoms with Crippen molar-refractivity contribution in [2.75, 3.05) is 10.5 Å². The summed E-state index contributed by atoms with van der Waals surface area (Å²) in [5.41, 5.74) is 7.16. The first-order valence-electron chi connectivity index (χ1n) is 5.94. The molecule has 6 nitrogen and oxygen atoms in total. The maximum Gasteiger partial charge on any atom is 0.262 e. The summed E-state index contributed by atoms with van der Waals surface area (Å²) in [7, 11) is -3.70. The van der Waals surface area contributed by atoms with Crippen molar-refractivity contribution in [2.24, 2.45) is 0 Å². The van der Waals surface area contributed by atoms with Gasteiger partial charge >= 0.3 is 0 Å². The lowest BCUT2D eigenvalue weighted by atomic mass is 10.2. The van der Waals surface area contributed by atoms with Crippen molar-refractivity contribution in [2.45, 2.75) is 25.3 Å². The molecule has 8 heteroatoms. The fourth-order valence-electron chi connectivity index (χ4n) is 1.75. The molecule has 20 heavy (non-hydrogen) atoms. The van der Waals surface area contributed by atoms with Crippen LogP contribution in [0.2, 0.25) is 0 Å². The van der Waals surface area contributed by atoms with Gasteiger partial charge in [0.15, 0.2) is 0 Å². The molecule has 0 atom stereocenters. The molecule has 0 aliphatic heterocycles. The molecule has 0 aliphatic carbocycles. The number of aryl methyl sites for hydroxylation is 1. The Morgan fingerprint density at radius 1 is 1.45 bits per heavy atom. The fraction of sp³-hybridized carbons (Fsp3) is 0.250. The Balaban J connectivity index is 2.40. The van der Waals surface area contributed by atoms with E-state index in [1.807, 2.05) is 6.92 Å². The minimum Gasteiger partial charge on any atom is -0.398 e. The van der Waals surface area contributed by atoms with Gasteiger partial charge in [0, 0.05) is 22.9 Å². The van der Waals surface area contributed by atoms with Gasteiger partial charge in [0.25, 0.3) is 10.0 Å². The van der Waals surface area contributed by atoms with E-state index in [0.717, 1.165) is 0 Å². The summed E-state index contributed by atoms with van der Waals surface area (Å²) in [4.78, 5) is 0.147. The summed E-state index contributed by atoms with van der Waals surface area (Å²) in [6.45, 7) is 4.26. The second-order valence-electron chi connectivity index (χ2n) is 4.31. The Kier molecular flexibility index (Phi) is 4.05. The number of sulfonamides is 1. The van der Waals surface area contributed by atoms with Crippen LogP contribution in [0.4, 0.5) is 11.4 Å². The smallest absolute Gasteiger partial charge is 0.262 e. The highest BCUT2D eigenvalue weighted by molar-refractivity contribution is 9.10. The lowest BCUT2D eigenvalue weighted by molar-refractivity contribution is 0.600. The molecule has 108 valence electrons. The van der Waals surface area contributed by atoms with Crippen LogP contribution in [0.15, 0.2) is 33.9 Å². The van der Waals surface area contributed by atoms with Crippen molar-refractivity contribution in [3.63, 3.8) is 0 Å². The largest absolute Gasteiger partial charge is 0.398 e. The van der Waals surface area contributed by atoms with Crippen molar-refractivity contribution in [3.8, 4) is 0 Å². The number of nitrogens with two attached hydrogens (primary N) is 1. The van der Waals surface area contributed by atoms with E-state index in [2.05, 4.69) is 25.8 Å². The van der Waals surface area contributed by atoms with Gasteiger partial charge in [-0.05, 0) is 31.5 Å². The van der Waals surface area contributed by atoms with E-state index in [9.17, 15) is 8.42 Å². The molecule has 0 spiro atoms. The van der Waals surface area contributed by atoms with E-state index in [1.54, 1.807) is 23.9 Å². The predicted octanol–water partition coefficient (Wildman–Crippen LogP) is 2.36. The molecule has 1 heterocycles. The molecule has 0 amide bonds. The SMILES string of the molecule is CCn1cc(NS(=O)(=O)c2cc(Br)cc(N)c2C)cn1. The normalized spacial score (nSPS) is 11.6. The minimum atomic E-state index is -3.70. The Bertz CT molecular complexity index is 740. The quantitative estimate of drug-likeness (QED) is 0.820. The molecule has 0 aliphatic rings. The van der Waals surface area contributed by atoms with E-state index < -0.39 is 10.0 Å². The molecular weight excluding hydrogens is 344 g/mol. The van der Waals surface area contributed by atoms with Crippen LogP contribution in [-0.4, -0.2) is 18.2 Å². The maximum atomic E-state index is 12.4. The Morgan fingerprint density at radius 2 is 2.15 bits per heavy atom. The van der Waals surface area contributed by atoms with Gasteiger partial charge in [-0.3, -0.25) is 9.40 Å². The van der Waals surface area contributed by atoms with Gasteiger partial charge in [-0.1, -0.05) is 15.9 Å². The number of aromatic nitrogens is 2. The molecule has 3 N–H and O–H groups in total. The summed E-state index contributed by atoms with van der Waals surface area (Å²) in [5, 5.41) is 4.03. The van der Waals surface area contributed by atoms with Crippen molar-refractivity contribution in [3.05, 3.63) is 34.6 Å². The Morgan fingerprint density at radius 3 is 2.75 bits per heavy atom. The fourth-order valence-corrected chi connectivity index (χ4v) is 3.71. The van der Waals surface area contributed by atoms with Gasteiger partial charge in [-0.15, -0.1) is 0 Å². The van der Waals surface area contributed by atoms with Gasteiger partial charge in [-0.2, -0.15) is 5.10 Å². The zero-order valence-electron chi connectivity index (χ0n) is 11.1. The highest BCUT2D eigenvalue weighted by atomic mass is 79.9. The van der Waals surface area contributed by atoms with E-state index >= 15 is 0 Å². The first-order valence-corrected chi connectivity index (χ1v) is 8.22. The second-order valence-corrected chi connectivity index (χ2v) is 6.87. The van der Waals surface area contributed by atoms with Crippen LogP contribution in [-0.2, 0) is 16.6 Å². The van der Waals surface area contributed by atoms with Crippen LogP contribution < -0.4 is 10.5 Å². The number of nitrogens with zero attached hydrogens (tertiary/aromatic N) is 2. The summed E-state index contributed by atoms with van der Waals surface area (Å²) >= 11 is 3.25. The molecule has 2 aromatic rings. The van der Waals surface area contributed by atoms with Crippen molar-refractivity contribution in [1.82, 2.24) is 9.78 Å². The third-order valence-corrected chi connectivity index (χ3v) is 4.83. The number of rotatable bonds is 4. The topological polar surface area (TPSA) is 90.0 Å². The van der Waals surface area contributed by atoms with Crippen molar-refractivity contribution in [1.29, 1.82) is 0 Å². The van der Waals surface area contributed by atoms with Crippen LogP contribution in [0.3, 0.4) is 0 Å². The number of benzene rings is 1. The minimum absolute atomic E-state index is 0.147. The van der Waals surface area contributed by atoms with Crippen LogP contribution in [0.5, 0.6) is 0 Å². The number of nitrogens with one attached hydrogen (secondary N) is 1. The third-order valence-electron chi connectivity index (χ3n) is 2.86. The van der Waals surface area contributed by atoms with Gasteiger partial charge in [0.1, 0.15) is 0 Å². The van der Waals surface area contributed by atoms with Gasteiger partial charge in [-0.25, -0.2) is 8.42 Å². The molecule has 2 rings (SSSR count). The number of hydrogen-bond donors (Lipinski definition) is 2. The lowest BCUT2D eigenvalue weighted by Crippen LogP contribution is -2.14. The highest BCUT2D eigenvalue weighted by Gasteiger charge is 2.19.